The van der Waals surface area contributed by atoms with Gasteiger partial charge in [0.05, 0.1) is 5.69 Å². The van der Waals surface area contributed by atoms with Gasteiger partial charge in [0.25, 0.3) is 0 Å². The van der Waals surface area contributed by atoms with Gasteiger partial charge in [0.1, 0.15) is 5.82 Å². The molecule has 2 rings (SSSR count). The van der Waals surface area contributed by atoms with Gasteiger partial charge >= 0.3 is 0 Å². The Hall–Kier alpha value is -1.87. The Morgan fingerprint density at radius 2 is 1.70 bits per heavy atom. The highest BCUT2D eigenvalue weighted by Gasteiger charge is 2.17. The zero-order valence-corrected chi connectivity index (χ0v) is 12.4. The van der Waals surface area contributed by atoms with Gasteiger partial charge in [-0.1, -0.05) is 18.2 Å². The molecule has 2 aromatic carbocycles. The zero-order chi connectivity index (χ0) is 14.9. The molecule has 0 amide bonds. The predicted octanol–water partition coefficient (Wildman–Crippen LogP) is 4.23. The van der Waals surface area contributed by atoms with Gasteiger partial charge in [-0.15, -0.1) is 0 Å². The molecule has 1 unspecified atom stereocenters. The van der Waals surface area contributed by atoms with Gasteiger partial charge in [0.15, 0.2) is 0 Å². The number of hydrogen-bond donors (Lipinski definition) is 1. The minimum absolute atomic E-state index is 0.214. The number of hydrogen-bond acceptors (Lipinski definition) is 2. The van der Waals surface area contributed by atoms with E-state index in [9.17, 15) is 4.39 Å². The van der Waals surface area contributed by atoms with Crippen LogP contribution in [0.25, 0.3) is 0 Å². The van der Waals surface area contributed by atoms with Crippen molar-refractivity contribution >= 4 is 11.4 Å². The van der Waals surface area contributed by atoms with Gasteiger partial charge in [-0.2, -0.15) is 0 Å². The molecule has 0 saturated heterocycles. The summed E-state index contributed by atoms with van der Waals surface area (Å²) >= 11 is 0. The lowest BCUT2D eigenvalue weighted by molar-refractivity contribution is 0.622. The van der Waals surface area contributed by atoms with Crippen molar-refractivity contribution in [2.24, 2.45) is 5.73 Å². The number of aryl methyl sites for hydroxylation is 2. The van der Waals surface area contributed by atoms with Crippen molar-refractivity contribution < 1.29 is 4.39 Å². The third-order valence-corrected chi connectivity index (χ3v) is 3.44. The third-order valence-electron chi connectivity index (χ3n) is 3.44. The van der Waals surface area contributed by atoms with Crippen molar-refractivity contribution in [2.45, 2.75) is 26.8 Å². The first-order chi connectivity index (χ1) is 9.40. The largest absolute Gasteiger partial charge is 0.342 e. The highest BCUT2D eigenvalue weighted by Crippen LogP contribution is 2.33. The van der Waals surface area contributed by atoms with E-state index in [0.29, 0.717) is 5.69 Å². The molecule has 2 N–H and O–H groups in total. The van der Waals surface area contributed by atoms with Crippen molar-refractivity contribution in [1.29, 1.82) is 0 Å². The molecule has 1 atom stereocenters. The fraction of sp³-hybridized carbons (Fsp3) is 0.294. The predicted molar refractivity (Wildman–Crippen MR) is 83.0 cm³/mol. The lowest BCUT2D eigenvalue weighted by Gasteiger charge is -2.25. The summed E-state index contributed by atoms with van der Waals surface area (Å²) in [5, 5.41) is 0. The Balaban J connectivity index is 2.55. The number of benzene rings is 2. The normalized spacial score (nSPS) is 12.3. The van der Waals surface area contributed by atoms with Crippen LogP contribution in [-0.4, -0.2) is 7.05 Å². The molecule has 20 heavy (non-hydrogen) atoms. The van der Waals surface area contributed by atoms with Crippen LogP contribution in [0.4, 0.5) is 15.8 Å². The van der Waals surface area contributed by atoms with Crippen LogP contribution in [0.2, 0.25) is 0 Å². The summed E-state index contributed by atoms with van der Waals surface area (Å²) in [6, 6.07) is 11.0. The van der Waals surface area contributed by atoms with Crippen molar-refractivity contribution in [3.05, 3.63) is 58.9 Å². The van der Waals surface area contributed by atoms with Crippen molar-refractivity contribution in [3.8, 4) is 0 Å². The number of halogens is 1. The molecular weight excluding hydrogens is 251 g/mol. The van der Waals surface area contributed by atoms with Gasteiger partial charge in [-0.25, -0.2) is 4.39 Å². The van der Waals surface area contributed by atoms with E-state index < -0.39 is 0 Å². The second-order valence-electron chi connectivity index (χ2n) is 5.37. The number of nitrogens with zero attached hydrogens (tertiary/aromatic N) is 1. The smallest absolute Gasteiger partial charge is 0.147 e. The van der Waals surface area contributed by atoms with E-state index in [1.165, 1.54) is 6.07 Å². The van der Waals surface area contributed by atoms with Crippen LogP contribution in [0.3, 0.4) is 0 Å². The molecule has 0 spiro atoms. The van der Waals surface area contributed by atoms with E-state index in [0.717, 1.165) is 22.4 Å². The molecule has 0 fully saturated rings. The van der Waals surface area contributed by atoms with Gasteiger partial charge < -0.3 is 10.6 Å². The third kappa shape index (κ3) is 2.83. The quantitative estimate of drug-likeness (QED) is 0.906. The van der Waals surface area contributed by atoms with Crippen LogP contribution in [0.15, 0.2) is 36.4 Å². The molecule has 0 saturated carbocycles. The Morgan fingerprint density at radius 3 is 2.25 bits per heavy atom. The summed E-state index contributed by atoms with van der Waals surface area (Å²) < 4.78 is 14.3. The topological polar surface area (TPSA) is 29.3 Å². The molecule has 2 aromatic rings. The molecule has 0 aromatic heterocycles. The second kappa shape index (κ2) is 5.63. The maximum Gasteiger partial charge on any atom is 0.147 e. The molecule has 3 heteroatoms. The minimum atomic E-state index is -0.249. The average Bonchev–Trinajstić information content (AvgIpc) is 2.36. The van der Waals surface area contributed by atoms with Gasteiger partial charge in [0.2, 0.25) is 0 Å². The average molecular weight is 272 g/mol. The summed E-state index contributed by atoms with van der Waals surface area (Å²) in [7, 11) is 1.87. The number of para-hydroxylation sites is 1. The second-order valence-corrected chi connectivity index (χ2v) is 5.37. The van der Waals surface area contributed by atoms with Crippen LogP contribution < -0.4 is 10.6 Å². The fourth-order valence-corrected chi connectivity index (χ4v) is 2.53. The standard InChI is InChI=1S/C17H21FN2/c1-11-8-12(2)10-14(9-11)20(4)17-15(13(3)19)6-5-7-16(17)18/h5-10,13H,19H2,1-4H3. The fourth-order valence-electron chi connectivity index (χ4n) is 2.53. The molecule has 0 aliphatic rings. The SMILES string of the molecule is Cc1cc(C)cc(N(C)c2c(F)cccc2C(C)N)c1. The Bertz CT molecular complexity index is 600. The van der Waals surface area contributed by atoms with E-state index in [4.69, 9.17) is 5.73 Å². The summed E-state index contributed by atoms with van der Waals surface area (Å²) in [4.78, 5) is 1.87. The van der Waals surface area contributed by atoms with Crippen LogP contribution >= 0.6 is 0 Å². The van der Waals surface area contributed by atoms with E-state index >= 15 is 0 Å². The lowest BCUT2D eigenvalue weighted by Crippen LogP contribution is -2.17. The van der Waals surface area contributed by atoms with Gasteiger partial charge in [-0.05, 0) is 55.7 Å². The minimum Gasteiger partial charge on any atom is -0.342 e. The molecule has 0 aliphatic carbocycles. The summed E-state index contributed by atoms with van der Waals surface area (Å²) in [6.07, 6.45) is 0. The Kier molecular flexibility index (Phi) is 4.09. The Morgan fingerprint density at radius 1 is 1.10 bits per heavy atom. The zero-order valence-electron chi connectivity index (χ0n) is 12.4. The molecule has 106 valence electrons. The maximum atomic E-state index is 14.3. The van der Waals surface area contributed by atoms with Crippen LogP contribution in [0, 0.1) is 19.7 Å². The van der Waals surface area contributed by atoms with Crippen LogP contribution in [0.5, 0.6) is 0 Å². The van der Waals surface area contributed by atoms with Crippen LogP contribution in [-0.2, 0) is 0 Å². The number of nitrogens with two attached hydrogens (primary N) is 1. The molecule has 2 nitrogen and oxygen atoms in total. The first kappa shape index (κ1) is 14.5. The first-order valence-corrected chi connectivity index (χ1v) is 6.76. The molecule has 0 bridgehead atoms. The van der Waals surface area contributed by atoms with E-state index in [-0.39, 0.29) is 11.9 Å². The molecule has 0 heterocycles. The van der Waals surface area contributed by atoms with Crippen molar-refractivity contribution in [3.63, 3.8) is 0 Å². The van der Waals surface area contributed by atoms with Gasteiger partial charge in [-0.3, -0.25) is 0 Å². The van der Waals surface area contributed by atoms with Crippen molar-refractivity contribution in [1.82, 2.24) is 0 Å². The lowest BCUT2D eigenvalue weighted by atomic mass is 10.0. The highest BCUT2D eigenvalue weighted by atomic mass is 19.1. The highest BCUT2D eigenvalue weighted by molar-refractivity contribution is 5.68. The van der Waals surface area contributed by atoms with Crippen LogP contribution in [0.1, 0.15) is 29.7 Å². The Labute approximate surface area is 120 Å². The van der Waals surface area contributed by atoms with Gasteiger partial charge in [0, 0.05) is 18.8 Å². The summed E-state index contributed by atoms with van der Waals surface area (Å²) in [5.74, 6) is -0.249. The summed E-state index contributed by atoms with van der Waals surface area (Å²) in [5.41, 5.74) is 10.6. The molecule has 0 aliphatic heterocycles. The van der Waals surface area contributed by atoms with E-state index in [1.54, 1.807) is 6.07 Å². The van der Waals surface area contributed by atoms with E-state index in [1.807, 2.05) is 50.9 Å². The monoisotopic (exact) mass is 272 g/mol. The number of anilines is 2. The summed E-state index contributed by atoms with van der Waals surface area (Å²) in [6.45, 7) is 5.95. The first-order valence-electron chi connectivity index (χ1n) is 6.76. The van der Waals surface area contributed by atoms with Crippen molar-refractivity contribution in [2.75, 3.05) is 11.9 Å². The molecular formula is C17H21FN2. The van der Waals surface area contributed by atoms with E-state index in [2.05, 4.69) is 6.07 Å². The number of rotatable bonds is 3. The maximum absolute atomic E-state index is 14.3. The molecule has 0 radical (unpaired) electrons.